The minimum atomic E-state index is -0.0897. The summed E-state index contributed by atoms with van der Waals surface area (Å²) in [4.78, 5) is 17.4. The summed E-state index contributed by atoms with van der Waals surface area (Å²) >= 11 is 0. The Morgan fingerprint density at radius 3 is 2.62 bits per heavy atom. The van der Waals surface area contributed by atoms with E-state index in [0.29, 0.717) is 24.5 Å². The quantitative estimate of drug-likeness (QED) is 0.705. The van der Waals surface area contributed by atoms with Crippen molar-refractivity contribution in [1.82, 2.24) is 19.5 Å². The van der Waals surface area contributed by atoms with Crippen LogP contribution in [0.5, 0.6) is 0 Å². The van der Waals surface area contributed by atoms with Gasteiger partial charge in [0.15, 0.2) is 0 Å². The summed E-state index contributed by atoms with van der Waals surface area (Å²) in [5.74, 6) is 1.33. The molecule has 2 saturated heterocycles. The molecule has 0 spiro atoms. The monoisotopic (exact) mass is 440 g/mol. The van der Waals surface area contributed by atoms with Crippen LogP contribution in [-0.4, -0.2) is 70.9 Å². The number of nitrogens with one attached hydrogen (secondary N) is 1. The lowest BCUT2D eigenvalue weighted by atomic mass is 10.2. The van der Waals surface area contributed by atoms with Crippen molar-refractivity contribution < 1.29 is 14.1 Å². The molecule has 1 atom stereocenters. The van der Waals surface area contributed by atoms with E-state index in [0.717, 1.165) is 74.9 Å². The molecule has 4 rings (SSSR count). The van der Waals surface area contributed by atoms with E-state index in [1.54, 1.807) is 0 Å². The van der Waals surface area contributed by atoms with Crippen molar-refractivity contribution in [1.29, 1.82) is 5.26 Å². The first-order valence-electron chi connectivity index (χ1n) is 11.3. The average molecular weight is 441 g/mol. The fourth-order valence-electron chi connectivity index (χ4n) is 4.55. The number of nitriles is 1. The predicted molar refractivity (Wildman–Crippen MR) is 119 cm³/mol. The van der Waals surface area contributed by atoms with E-state index in [1.807, 2.05) is 31.4 Å². The van der Waals surface area contributed by atoms with Crippen LogP contribution >= 0.6 is 0 Å². The van der Waals surface area contributed by atoms with Crippen LogP contribution in [0, 0.1) is 32.1 Å². The third kappa shape index (κ3) is 5.04. The number of aryl methyl sites for hydroxylation is 1. The number of rotatable bonds is 7. The Balaban J connectivity index is 1.35. The molecular weight excluding hydrogens is 408 g/mol. The zero-order valence-corrected chi connectivity index (χ0v) is 19.2. The fourth-order valence-corrected chi connectivity index (χ4v) is 4.55. The van der Waals surface area contributed by atoms with Gasteiger partial charge in [0.25, 0.3) is 0 Å². The summed E-state index contributed by atoms with van der Waals surface area (Å²) in [5, 5.41) is 16.8. The highest BCUT2D eigenvalue weighted by Crippen LogP contribution is 2.28. The lowest BCUT2D eigenvalue weighted by molar-refractivity contribution is -0.117. The highest BCUT2D eigenvalue weighted by Gasteiger charge is 2.25. The van der Waals surface area contributed by atoms with Gasteiger partial charge in [-0.05, 0) is 39.2 Å². The normalized spacial score (nSPS) is 19.9. The number of carbonyl (C=O) groups excluding carboxylic acids is 1. The maximum absolute atomic E-state index is 12.9. The van der Waals surface area contributed by atoms with Crippen LogP contribution in [0.4, 0.5) is 5.82 Å². The van der Waals surface area contributed by atoms with E-state index in [9.17, 15) is 10.1 Å². The number of piperazine rings is 1. The Bertz CT molecular complexity index is 990. The molecule has 2 aromatic rings. The van der Waals surface area contributed by atoms with Crippen molar-refractivity contribution in [2.45, 2.75) is 52.8 Å². The number of carbonyl (C=O) groups is 1. The number of hydrogen-bond donors (Lipinski definition) is 1. The molecule has 0 aromatic carbocycles. The molecule has 9 nitrogen and oxygen atoms in total. The van der Waals surface area contributed by atoms with Gasteiger partial charge in [-0.15, -0.1) is 0 Å². The van der Waals surface area contributed by atoms with E-state index in [-0.39, 0.29) is 12.0 Å². The van der Waals surface area contributed by atoms with Crippen LogP contribution in [-0.2, 0) is 22.6 Å². The predicted octanol–water partition coefficient (Wildman–Crippen LogP) is 2.21. The second-order valence-electron chi connectivity index (χ2n) is 8.82. The molecular formula is C23H32N6O3. The number of amides is 1. The number of aromatic nitrogens is 2. The Morgan fingerprint density at radius 1 is 1.25 bits per heavy atom. The molecule has 1 amide bonds. The average Bonchev–Trinajstić information content (AvgIpc) is 3.48. The molecule has 2 aliphatic rings. The van der Waals surface area contributed by atoms with Crippen LogP contribution in [0.1, 0.15) is 41.1 Å². The van der Waals surface area contributed by atoms with Gasteiger partial charge in [0.2, 0.25) is 5.91 Å². The maximum Gasteiger partial charge on any atom is 0.239 e. The van der Waals surface area contributed by atoms with Crippen molar-refractivity contribution in [2.24, 2.45) is 0 Å². The highest BCUT2D eigenvalue weighted by molar-refractivity contribution is 5.93. The molecule has 2 aromatic heterocycles. The van der Waals surface area contributed by atoms with Gasteiger partial charge in [0, 0.05) is 51.1 Å². The molecule has 2 aliphatic heterocycles. The Kier molecular flexibility index (Phi) is 6.94. The molecule has 2 fully saturated rings. The largest absolute Gasteiger partial charge is 0.376 e. The second kappa shape index (κ2) is 9.86. The van der Waals surface area contributed by atoms with Gasteiger partial charge in [0.05, 0.1) is 30.5 Å². The summed E-state index contributed by atoms with van der Waals surface area (Å²) < 4.78 is 13.0. The van der Waals surface area contributed by atoms with Gasteiger partial charge in [-0.3, -0.25) is 14.6 Å². The molecule has 172 valence electrons. The lowest BCUT2D eigenvalue weighted by Crippen LogP contribution is -2.48. The summed E-state index contributed by atoms with van der Waals surface area (Å²) in [6.45, 7) is 11.7. The minimum absolute atomic E-state index is 0.0897. The summed E-state index contributed by atoms with van der Waals surface area (Å²) in [5.41, 5.74) is 3.40. The molecule has 0 bridgehead atoms. The third-order valence-electron chi connectivity index (χ3n) is 6.50. The molecule has 0 saturated carbocycles. The Labute approximate surface area is 188 Å². The third-order valence-corrected chi connectivity index (χ3v) is 6.50. The van der Waals surface area contributed by atoms with Crippen molar-refractivity contribution >= 4 is 11.7 Å². The molecule has 1 N–H and O–H groups in total. The molecule has 9 heteroatoms. The van der Waals surface area contributed by atoms with Gasteiger partial charge in [0.1, 0.15) is 17.6 Å². The highest BCUT2D eigenvalue weighted by atomic mass is 16.5. The standard InChI is InChI=1S/C23H32N6O3/c1-16-11-19(26-32-16)13-27-6-8-28(9-7-27)15-22(30)25-23-21(12-24)17(2)18(3)29(23)14-20-5-4-10-31-20/h11,20H,4-10,13-15H2,1-3H3,(H,25,30)/t20-/m0/s1. The molecule has 0 radical (unpaired) electrons. The van der Waals surface area contributed by atoms with Crippen LogP contribution < -0.4 is 5.32 Å². The Hall–Kier alpha value is -2.67. The zero-order valence-electron chi connectivity index (χ0n) is 19.2. The first kappa shape index (κ1) is 22.5. The van der Waals surface area contributed by atoms with Crippen LogP contribution in [0.2, 0.25) is 0 Å². The van der Waals surface area contributed by atoms with Crippen LogP contribution in [0.3, 0.4) is 0 Å². The van der Waals surface area contributed by atoms with Crippen LogP contribution in [0.25, 0.3) is 0 Å². The van der Waals surface area contributed by atoms with E-state index < -0.39 is 0 Å². The zero-order chi connectivity index (χ0) is 22.7. The summed E-state index contributed by atoms with van der Waals surface area (Å²) in [7, 11) is 0. The van der Waals surface area contributed by atoms with Crippen molar-refractivity contribution in [3.63, 3.8) is 0 Å². The van der Waals surface area contributed by atoms with Crippen molar-refractivity contribution in [3.8, 4) is 6.07 Å². The van der Waals surface area contributed by atoms with Crippen molar-refractivity contribution in [2.75, 3.05) is 44.6 Å². The van der Waals surface area contributed by atoms with Gasteiger partial charge in [-0.1, -0.05) is 5.16 Å². The number of ether oxygens (including phenoxy) is 1. The van der Waals surface area contributed by atoms with E-state index in [2.05, 4.69) is 26.3 Å². The smallest absolute Gasteiger partial charge is 0.239 e. The van der Waals surface area contributed by atoms with Crippen molar-refractivity contribution in [3.05, 3.63) is 34.3 Å². The van der Waals surface area contributed by atoms with E-state index >= 15 is 0 Å². The van der Waals surface area contributed by atoms with Gasteiger partial charge < -0.3 is 19.1 Å². The van der Waals surface area contributed by atoms with Crippen LogP contribution in [0.15, 0.2) is 10.6 Å². The number of anilines is 1. The van der Waals surface area contributed by atoms with Gasteiger partial charge in [-0.2, -0.15) is 5.26 Å². The number of nitrogens with zero attached hydrogens (tertiary/aromatic N) is 5. The second-order valence-corrected chi connectivity index (χ2v) is 8.82. The van der Waals surface area contributed by atoms with E-state index in [4.69, 9.17) is 9.26 Å². The first-order valence-corrected chi connectivity index (χ1v) is 11.3. The molecule has 0 aliphatic carbocycles. The van der Waals surface area contributed by atoms with Gasteiger partial charge in [-0.25, -0.2) is 0 Å². The Morgan fingerprint density at radius 2 is 2.00 bits per heavy atom. The number of hydrogen-bond acceptors (Lipinski definition) is 7. The lowest BCUT2D eigenvalue weighted by Gasteiger charge is -2.33. The van der Waals surface area contributed by atoms with Gasteiger partial charge >= 0.3 is 0 Å². The molecule has 4 heterocycles. The van der Waals surface area contributed by atoms with E-state index in [1.165, 1.54) is 0 Å². The first-order chi connectivity index (χ1) is 15.4. The summed E-state index contributed by atoms with van der Waals surface area (Å²) in [6.07, 6.45) is 2.19. The SMILES string of the molecule is Cc1cc(CN2CCN(CC(=O)Nc3c(C#N)c(C)c(C)n3C[C@@H]3CCCO3)CC2)no1. The minimum Gasteiger partial charge on any atom is -0.376 e. The molecule has 32 heavy (non-hydrogen) atoms. The maximum atomic E-state index is 12.9. The molecule has 0 unspecified atom stereocenters. The topological polar surface area (TPSA) is 99.6 Å². The fraction of sp³-hybridized carbons (Fsp3) is 0.609. The summed E-state index contributed by atoms with van der Waals surface area (Å²) in [6, 6.07) is 4.24.